The molecule has 0 aliphatic heterocycles. The van der Waals surface area contributed by atoms with Crippen LogP contribution in [0, 0.1) is 10.1 Å². The number of hydrogen-bond acceptors (Lipinski definition) is 5. The Balaban J connectivity index is 2.38. The second kappa shape index (κ2) is 5.62. The van der Waals surface area contributed by atoms with Gasteiger partial charge >= 0.3 is 5.97 Å². The van der Waals surface area contributed by atoms with Gasteiger partial charge in [-0.2, -0.15) is 0 Å². The molecule has 0 radical (unpaired) electrons. The van der Waals surface area contributed by atoms with E-state index < -0.39 is 10.9 Å². The van der Waals surface area contributed by atoms with Gasteiger partial charge in [-0.3, -0.25) is 14.4 Å². The molecule has 0 saturated heterocycles. The number of rotatable bonds is 4. The third kappa shape index (κ3) is 2.72. The Morgan fingerprint density at radius 1 is 1.15 bits per heavy atom. The molecule has 2 aromatic rings. The summed E-state index contributed by atoms with van der Waals surface area (Å²) in [5, 5.41) is 19.8. The van der Waals surface area contributed by atoms with Gasteiger partial charge in [0.2, 0.25) is 0 Å². The monoisotopic (exact) mass is 290 g/mol. The van der Waals surface area contributed by atoms with Crippen molar-refractivity contribution in [1.29, 1.82) is 0 Å². The Bertz CT molecular complexity index is 658. The van der Waals surface area contributed by atoms with Gasteiger partial charge in [0.25, 0.3) is 5.69 Å². The molecule has 0 aromatic heterocycles. The molecule has 0 bridgehead atoms. The van der Waals surface area contributed by atoms with E-state index in [1.54, 1.807) is 18.2 Å². The lowest BCUT2D eigenvalue weighted by Crippen LogP contribution is -2.05. The van der Waals surface area contributed by atoms with Crippen molar-refractivity contribution in [2.24, 2.45) is 0 Å². The minimum Gasteiger partial charge on any atom is -0.478 e. The molecule has 0 amide bonds. The third-order valence-corrected chi connectivity index (χ3v) is 3.11. The van der Waals surface area contributed by atoms with E-state index in [0.717, 1.165) is 0 Å². The Labute approximate surface area is 120 Å². The predicted molar refractivity (Wildman–Crippen MR) is 77.6 cm³/mol. The lowest BCUT2D eigenvalue weighted by atomic mass is 10.2. The number of carboxylic acids is 1. The number of aromatic carboxylic acids is 1. The van der Waals surface area contributed by atoms with Gasteiger partial charge in [-0.25, -0.2) is 4.79 Å². The van der Waals surface area contributed by atoms with Crippen LogP contribution in [0.5, 0.6) is 0 Å². The van der Waals surface area contributed by atoms with Gasteiger partial charge in [0.15, 0.2) is 0 Å². The van der Waals surface area contributed by atoms with Gasteiger partial charge in [-0.15, -0.1) is 0 Å². The summed E-state index contributed by atoms with van der Waals surface area (Å²) in [6.45, 7) is 0. The van der Waals surface area contributed by atoms with Gasteiger partial charge in [0, 0.05) is 6.07 Å². The summed E-state index contributed by atoms with van der Waals surface area (Å²) >= 11 is 4.24. The molecule has 0 spiro atoms. The fraction of sp³-hybridized carbons (Fsp3) is 0. The van der Waals surface area contributed by atoms with E-state index in [1.807, 2.05) is 0 Å². The summed E-state index contributed by atoms with van der Waals surface area (Å²) in [5.74, 6) is -1.03. The van der Waals surface area contributed by atoms with Gasteiger partial charge in [0.05, 0.1) is 16.2 Å². The first-order valence-corrected chi connectivity index (χ1v) is 5.96. The average Bonchev–Trinajstić information content (AvgIpc) is 2.46. The number of nitrogens with zero attached hydrogens (tertiary/aromatic N) is 2. The van der Waals surface area contributed by atoms with Crippen LogP contribution in [0.1, 0.15) is 10.4 Å². The molecule has 0 atom stereocenters. The summed E-state index contributed by atoms with van der Waals surface area (Å²) < 4.78 is 1.34. The van der Waals surface area contributed by atoms with Crippen molar-refractivity contribution in [2.45, 2.75) is 0 Å². The van der Waals surface area contributed by atoms with Crippen molar-refractivity contribution >= 4 is 35.8 Å². The SMILES string of the molecule is O=C(O)c1ccc(N(S)c2ccccc2[N+](=O)[O-])cc1. The summed E-state index contributed by atoms with van der Waals surface area (Å²) in [6, 6.07) is 12.1. The maximum atomic E-state index is 11.0. The highest BCUT2D eigenvalue weighted by molar-refractivity contribution is 7.82. The zero-order valence-corrected chi connectivity index (χ0v) is 11.0. The van der Waals surface area contributed by atoms with E-state index >= 15 is 0 Å². The van der Waals surface area contributed by atoms with Crippen LogP contribution in [0.4, 0.5) is 17.1 Å². The Kier molecular flexibility index (Phi) is 3.90. The number of anilines is 2. The number of nitro benzene ring substituents is 1. The number of para-hydroxylation sites is 2. The summed E-state index contributed by atoms with van der Waals surface area (Å²) in [4.78, 5) is 21.2. The third-order valence-electron chi connectivity index (χ3n) is 2.67. The summed E-state index contributed by atoms with van der Waals surface area (Å²) in [6.07, 6.45) is 0. The molecule has 0 saturated carbocycles. The Morgan fingerprint density at radius 3 is 2.30 bits per heavy atom. The molecule has 7 heteroatoms. The number of carbonyl (C=O) groups is 1. The molecular formula is C13H10N2O4S. The van der Waals surface area contributed by atoms with E-state index in [2.05, 4.69) is 12.8 Å². The van der Waals surface area contributed by atoms with Crippen molar-refractivity contribution in [3.8, 4) is 0 Å². The van der Waals surface area contributed by atoms with Crippen LogP contribution in [-0.2, 0) is 0 Å². The molecule has 0 aliphatic rings. The topological polar surface area (TPSA) is 83.7 Å². The van der Waals surface area contributed by atoms with Crippen molar-refractivity contribution in [2.75, 3.05) is 4.31 Å². The highest BCUT2D eigenvalue weighted by Crippen LogP contribution is 2.34. The molecule has 1 N–H and O–H groups in total. The van der Waals surface area contributed by atoms with Gasteiger partial charge in [-0.1, -0.05) is 24.9 Å². The molecule has 2 aromatic carbocycles. The van der Waals surface area contributed by atoms with Crippen molar-refractivity contribution in [3.63, 3.8) is 0 Å². The Morgan fingerprint density at radius 2 is 1.75 bits per heavy atom. The standard InChI is InChI=1S/C13H10N2O4S/c16-13(17)9-5-7-10(8-6-9)14(20)11-3-1-2-4-12(11)15(18)19/h1-8,20H,(H,16,17). The predicted octanol–water partition coefficient (Wildman–Crippen LogP) is 3.28. The number of nitro groups is 1. The van der Waals surface area contributed by atoms with Crippen molar-refractivity contribution in [1.82, 2.24) is 0 Å². The minimum absolute atomic E-state index is 0.0789. The maximum absolute atomic E-state index is 11.0. The second-order valence-electron chi connectivity index (χ2n) is 3.91. The molecule has 0 unspecified atom stereocenters. The number of carboxylic acid groups (broad SMARTS) is 1. The van der Waals surface area contributed by atoms with E-state index in [9.17, 15) is 14.9 Å². The van der Waals surface area contributed by atoms with E-state index in [-0.39, 0.29) is 11.3 Å². The first kappa shape index (κ1) is 13.9. The number of benzene rings is 2. The quantitative estimate of drug-likeness (QED) is 0.513. The molecule has 0 aliphatic carbocycles. The smallest absolute Gasteiger partial charge is 0.335 e. The summed E-state index contributed by atoms with van der Waals surface area (Å²) in [7, 11) is 0. The molecule has 20 heavy (non-hydrogen) atoms. The number of hydrogen-bond donors (Lipinski definition) is 2. The zero-order valence-electron chi connectivity index (χ0n) is 10.1. The highest BCUT2D eigenvalue weighted by atomic mass is 32.1. The van der Waals surface area contributed by atoms with E-state index in [1.165, 1.54) is 34.6 Å². The van der Waals surface area contributed by atoms with Crippen LogP contribution in [0.25, 0.3) is 0 Å². The van der Waals surface area contributed by atoms with Crippen LogP contribution in [0.2, 0.25) is 0 Å². The largest absolute Gasteiger partial charge is 0.478 e. The van der Waals surface area contributed by atoms with Crippen LogP contribution >= 0.6 is 12.8 Å². The molecule has 0 fully saturated rings. The van der Waals surface area contributed by atoms with Gasteiger partial charge < -0.3 is 5.11 Å². The van der Waals surface area contributed by atoms with Gasteiger partial charge in [0.1, 0.15) is 5.69 Å². The van der Waals surface area contributed by atoms with Crippen molar-refractivity contribution in [3.05, 3.63) is 64.2 Å². The summed E-state index contributed by atoms with van der Waals surface area (Å²) in [5.41, 5.74) is 0.902. The van der Waals surface area contributed by atoms with Crippen LogP contribution in [-0.4, -0.2) is 16.0 Å². The normalized spacial score (nSPS) is 10.1. The first-order valence-electron chi connectivity index (χ1n) is 5.56. The van der Waals surface area contributed by atoms with E-state index in [4.69, 9.17) is 5.11 Å². The van der Waals surface area contributed by atoms with Gasteiger partial charge in [-0.05, 0) is 30.3 Å². The molecule has 6 nitrogen and oxygen atoms in total. The fourth-order valence-corrected chi connectivity index (χ4v) is 1.98. The lowest BCUT2D eigenvalue weighted by molar-refractivity contribution is -0.384. The molecule has 0 heterocycles. The second-order valence-corrected chi connectivity index (χ2v) is 4.31. The Hall–Kier alpha value is -2.54. The fourth-order valence-electron chi connectivity index (χ4n) is 1.68. The van der Waals surface area contributed by atoms with Crippen LogP contribution in [0.15, 0.2) is 48.5 Å². The van der Waals surface area contributed by atoms with E-state index in [0.29, 0.717) is 11.4 Å². The van der Waals surface area contributed by atoms with Crippen LogP contribution in [0.3, 0.4) is 0 Å². The first-order chi connectivity index (χ1) is 9.50. The van der Waals surface area contributed by atoms with Crippen molar-refractivity contribution < 1.29 is 14.8 Å². The number of thiol groups is 1. The van der Waals surface area contributed by atoms with Crippen LogP contribution < -0.4 is 4.31 Å². The highest BCUT2D eigenvalue weighted by Gasteiger charge is 2.18. The maximum Gasteiger partial charge on any atom is 0.335 e. The molecule has 2 rings (SSSR count). The minimum atomic E-state index is -1.03. The molecular weight excluding hydrogens is 280 g/mol. The molecule has 102 valence electrons. The zero-order chi connectivity index (χ0) is 14.7. The lowest BCUT2D eigenvalue weighted by Gasteiger charge is -2.17. The average molecular weight is 290 g/mol.